The van der Waals surface area contributed by atoms with Gasteiger partial charge in [-0.05, 0) is 40.0 Å². The minimum absolute atomic E-state index is 0. The third-order valence-electron chi connectivity index (χ3n) is 2.52. The summed E-state index contributed by atoms with van der Waals surface area (Å²) in [6.45, 7) is 8.48. The van der Waals surface area contributed by atoms with Crippen molar-refractivity contribution in [3.8, 4) is 5.75 Å². The largest absolute Gasteiger partial charge is 0.486 e. The van der Waals surface area contributed by atoms with Crippen molar-refractivity contribution in [3.63, 3.8) is 0 Å². The third kappa shape index (κ3) is 6.26. The summed E-state index contributed by atoms with van der Waals surface area (Å²) in [6.07, 6.45) is 0. The second-order valence-corrected chi connectivity index (χ2v) is 5.66. The summed E-state index contributed by atoms with van der Waals surface area (Å²) in [7, 11) is 1.83. The van der Waals surface area contributed by atoms with Crippen LogP contribution in [-0.4, -0.2) is 25.1 Å². The standard InChI is InChI=1S/C15H24N2O2.ClH/c1-11(10-16-5)14(18)17-12-8-6-7-9-13(12)19-15(2,3)4;/h6-9,11,16H,10H2,1-5H3,(H,17,18);1H. The fraction of sp³-hybridized carbons (Fsp3) is 0.533. The number of ether oxygens (including phenoxy) is 1. The Morgan fingerprint density at radius 3 is 2.45 bits per heavy atom. The van der Waals surface area contributed by atoms with E-state index < -0.39 is 0 Å². The summed E-state index contributed by atoms with van der Waals surface area (Å²) in [6, 6.07) is 7.50. The van der Waals surface area contributed by atoms with Crippen molar-refractivity contribution in [2.75, 3.05) is 18.9 Å². The maximum atomic E-state index is 12.0. The number of nitrogens with one attached hydrogen (secondary N) is 2. The Bertz CT molecular complexity index is 430. The Morgan fingerprint density at radius 2 is 1.90 bits per heavy atom. The van der Waals surface area contributed by atoms with Crippen LogP contribution in [0.4, 0.5) is 5.69 Å². The number of carbonyl (C=O) groups excluding carboxylic acids is 1. The third-order valence-corrected chi connectivity index (χ3v) is 2.52. The minimum atomic E-state index is -0.294. The molecule has 0 aliphatic carbocycles. The normalized spacial score (nSPS) is 12.2. The van der Waals surface area contributed by atoms with Gasteiger partial charge in [0.15, 0.2) is 0 Å². The number of hydrogen-bond acceptors (Lipinski definition) is 3. The van der Waals surface area contributed by atoms with Crippen LogP contribution in [0.5, 0.6) is 5.75 Å². The smallest absolute Gasteiger partial charge is 0.228 e. The average Bonchev–Trinajstić information content (AvgIpc) is 2.30. The van der Waals surface area contributed by atoms with E-state index in [4.69, 9.17) is 4.74 Å². The molecule has 0 heterocycles. The maximum Gasteiger partial charge on any atom is 0.228 e. The van der Waals surface area contributed by atoms with Gasteiger partial charge < -0.3 is 15.4 Å². The molecule has 1 aromatic carbocycles. The number of rotatable bonds is 5. The number of benzene rings is 1. The average molecular weight is 301 g/mol. The first-order valence-electron chi connectivity index (χ1n) is 6.57. The van der Waals surface area contributed by atoms with Crippen molar-refractivity contribution in [2.45, 2.75) is 33.3 Å². The quantitative estimate of drug-likeness (QED) is 0.878. The second kappa shape index (κ2) is 8.12. The van der Waals surface area contributed by atoms with Gasteiger partial charge in [0.2, 0.25) is 5.91 Å². The predicted octanol–water partition coefficient (Wildman–Crippen LogP) is 3.08. The van der Waals surface area contributed by atoms with Crippen LogP contribution in [0.2, 0.25) is 0 Å². The van der Waals surface area contributed by atoms with Crippen LogP contribution >= 0.6 is 12.4 Å². The Labute approximate surface area is 127 Å². The van der Waals surface area contributed by atoms with E-state index in [0.29, 0.717) is 18.0 Å². The fourth-order valence-corrected chi connectivity index (χ4v) is 1.64. The SMILES string of the molecule is CNCC(C)C(=O)Nc1ccccc1OC(C)(C)C.Cl. The lowest BCUT2D eigenvalue weighted by molar-refractivity contribution is -0.119. The number of hydrogen-bond donors (Lipinski definition) is 2. The first-order valence-corrected chi connectivity index (χ1v) is 6.57. The van der Waals surface area contributed by atoms with Gasteiger partial charge in [-0.15, -0.1) is 12.4 Å². The van der Waals surface area contributed by atoms with E-state index in [0.717, 1.165) is 0 Å². The summed E-state index contributed by atoms with van der Waals surface area (Å²) in [5.74, 6) is 0.590. The van der Waals surface area contributed by atoms with E-state index in [2.05, 4.69) is 10.6 Å². The van der Waals surface area contributed by atoms with Crippen LogP contribution in [0.1, 0.15) is 27.7 Å². The number of carbonyl (C=O) groups is 1. The Kier molecular flexibility index (Phi) is 7.61. The molecule has 1 unspecified atom stereocenters. The molecule has 1 amide bonds. The zero-order chi connectivity index (χ0) is 14.5. The molecule has 20 heavy (non-hydrogen) atoms. The molecule has 2 N–H and O–H groups in total. The predicted molar refractivity (Wildman–Crippen MR) is 85.8 cm³/mol. The molecule has 0 saturated heterocycles. The molecule has 5 heteroatoms. The zero-order valence-electron chi connectivity index (χ0n) is 12.8. The van der Waals surface area contributed by atoms with E-state index in [-0.39, 0.29) is 29.8 Å². The highest BCUT2D eigenvalue weighted by molar-refractivity contribution is 5.93. The molecule has 114 valence electrons. The van der Waals surface area contributed by atoms with E-state index >= 15 is 0 Å². The molecule has 1 aromatic rings. The van der Waals surface area contributed by atoms with Crippen LogP contribution in [0, 0.1) is 5.92 Å². The van der Waals surface area contributed by atoms with Crippen LogP contribution in [0.3, 0.4) is 0 Å². The zero-order valence-corrected chi connectivity index (χ0v) is 13.6. The Hall–Kier alpha value is -1.26. The van der Waals surface area contributed by atoms with E-state index in [1.807, 2.05) is 59.0 Å². The van der Waals surface area contributed by atoms with E-state index in [1.54, 1.807) is 0 Å². The molecular weight excluding hydrogens is 276 g/mol. The lowest BCUT2D eigenvalue weighted by atomic mass is 10.1. The molecule has 0 fully saturated rings. The second-order valence-electron chi connectivity index (χ2n) is 5.66. The van der Waals surface area contributed by atoms with E-state index in [9.17, 15) is 4.79 Å². The topological polar surface area (TPSA) is 50.4 Å². The number of anilines is 1. The van der Waals surface area contributed by atoms with Crippen molar-refractivity contribution in [1.29, 1.82) is 0 Å². The van der Waals surface area contributed by atoms with Crippen LogP contribution in [0.15, 0.2) is 24.3 Å². The molecule has 1 atom stereocenters. The Balaban J connectivity index is 0.00000361. The summed E-state index contributed by atoms with van der Waals surface area (Å²) < 4.78 is 5.84. The number of amides is 1. The van der Waals surface area contributed by atoms with E-state index in [1.165, 1.54) is 0 Å². The summed E-state index contributed by atoms with van der Waals surface area (Å²) in [5.41, 5.74) is 0.419. The molecule has 1 rings (SSSR count). The van der Waals surface area contributed by atoms with Crippen molar-refractivity contribution in [3.05, 3.63) is 24.3 Å². The van der Waals surface area contributed by atoms with Crippen LogP contribution in [-0.2, 0) is 4.79 Å². The molecular formula is C15H25ClN2O2. The summed E-state index contributed by atoms with van der Waals surface area (Å²) in [5, 5.41) is 5.91. The summed E-state index contributed by atoms with van der Waals surface area (Å²) in [4.78, 5) is 12.0. The van der Waals surface area contributed by atoms with Gasteiger partial charge >= 0.3 is 0 Å². The molecule has 0 saturated carbocycles. The first kappa shape index (κ1) is 18.7. The maximum absolute atomic E-state index is 12.0. The monoisotopic (exact) mass is 300 g/mol. The molecule has 0 aliphatic rings. The van der Waals surface area contributed by atoms with Gasteiger partial charge in [0.1, 0.15) is 11.4 Å². The van der Waals surface area contributed by atoms with Gasteiger partial charge in [-0.1, -0.05) is 19.1 Å². The summed E-state index contributed by atoms with van der Waals surface area (Å²) >= 11 is 0. The number of halogens is 1. The van der Waals surface area contributed by atoms with Crippen LogP contribution in [0.25, 0.3) is 0 Å². The number of para-hydroxylation sites is 2. The van der Waals surface area contributed by atoms with Gasteiger partial charge in [0, 0.05) is 12.5 Å². The molecule has 0 spiro atoms. The Morgan fingerprint density at radius 1 is 1.30 bits per heavy atom. The van der Waals surface area contributed by atoms with Crippen molar-refractivity contribution < 1.29 is 9.53 Å². The lowest BCUT2D eigenvalue weighted by Gasteiger charge is -2.23. The van der Waals surface area contributed by atoms with Gasteiger partial charge in [-0.25, -0.2) is 0 Å². The minimum Gasteiger partial charge on any atom is -0.486 e. The molecule has 0 aromatic heterocycles. The highest BCUT2D eigenvalue weighted by atomic mass is 35.5. The van der Waals surface area contributed by atoms with Crippen molar-refractivity contribution in [1.82, 2.24) is 5.32 Å². The highest BCUT2D eigenvalue weighted by Crippen LogP contribution is 2.27. The highest BCUT2D eigenvalue weighted by Gasteiger charge is 2.17. The van der Waals surface area contributed by atoms with Gasteiger partial charge in [-0.3, -0.25) is 4.79 Å². The molecule has 0 bridgehead atoms. The van der Waals surface area contributed by atoms with Crippen molar-refractivity contribution in [2.24, 2.45) is 5.92 Å². The van der Waals surface area contributed by atoms with Gasteiger partial charge in [0.05, 0.1) is 5.69 Å². The van der Waals surface area contributed by atoms with Gasteiger partial charge in [-0.2, -0.15) is 0 Å². The van der Waals surface area contributed by atoms with Crippen LogP contribution < -0.4 is 15.4 Å². The fourth-order valence-electron chi connectivity index (χ4n) is 1.64. The molecule has 4 nitrogen and oxygen atoms in total. The van der Waals surface area contributed by atoms with Crippen molar-refractivity contribution >= 4 is 24.0 Å². The molecule has 0 aliphatic heterocycles. The van der Waals surface area contributed by atoms with Gasteiger partial charge in [0.25, 0.3) is 0 Å². The first-order chi connectivity index (χ1) is 8.83. The lowest BCUT2D eigenvalue weighted by Crippen LogP contribution is -2.29. The molecule has 0 radical (unpaired) electrons.